The number of esters is 3. The third kappa shape index (κ3) is 4.76. The molecule has 1 aliphatic rings. The molecular formula is C22H24N4O7. The molecule has 174 valence electrons. The van der Waals surface area contributed by atoms with Gasteiger partial charge in [-0.15, -0.1) is 5.10 Å². The molecule has 1 aromatic carbocycles. The number of hydrogen-bond acceptors (Lipinski definition) is 10. The van der Waals surface area contributed by atoms with Crippen LogP contribution in [-0.2, 0) is 35.3 Å². The summed E-state index contributed by atoms with van der Waals surface area (Å²) in [6.45, 7) is 5.97. The first-order valence-corrected chi connectivity index (χ1v) is 10.3. The molecule has 11 heteroatoms. The first kappa shape index (κ1) is 23.6. The molecule has 0 saturated heterocycles. The topological polar surface area (TPSA) is 139 Å². The number of ether oxygens (including phenoxy) is 3. The highest BCUT2D eigenvalue weighted by Crippen LogP contribution is 2.32. The van der Waals surface area contributed by atoms with Crippen LogP contribution in [0.25, 0.3) is 10.9 Å². The number of dihydropyridines is 1. The number of benzene rings is 1. The van der Waals surface area contributed by atoms with Crippen molar-refractivity contribution < 1.29 is 28.6 Å². The summed E-state index contributed by atoms with van der Waals surface area (Å²) in [6, 6.07) is 6.60. The highest BCUT2D eigenvalue weighted by atomic mass is 16.6. The Labute approximate surface area is 189 Å². The predicted molar refractivity (Wildman–Crippen MR) is 115 cm³/mol. The van der Waals surface area contributed by atoms with E-state index >= 15 is 0 Å². The SMILES string of the molecule is CCOC(=O)C1=C(C)NC(C)=C(C(=O)OCC)C1C(=O)OCn1nnc2ccccc2c1=O. The van der Waals surface area contributed by atoms with E-state index in [1.807, 2.05) is 0 Å². The molecule has 0 spiro atoms. The van der Waals surface area contributed by atoms with Crippen molar-refractivity contribution in [3.63, 3.8) is 0 Å². The zero-order valence-corrected chi connectivity index (χ0v) is 18.7. The molecule has 0 atom stereocenters. The molecule has 1 aliphatic heterocycles. The van der Waals surface area contributed by atoms with Crippen molar-refractivity contribution in [1.29, 1.82) is 0 Å². The summed E-state index contributed by atoms with van der Waals surface area (Å²) in [6.07, 6.45) is 0. The lowest BCUT2D eigenvalue weighted by Gasteiger charge is -2.28. The van der Waals surface area contributed by atoms with Crippen LogP contribution in [0.5, 0.6) is 0 Å². The van der Waals surface area contributed by atoms with Crippen LogP contribution in [0.2, 0.25) is 0 Å². The highest BCUT2D eigenvalue weighted by Gasteiger charge is 2.42. The third-order valence-electron chi connectivity index (χ3n) is 4.95. The quantitative estimate of drug-likeness (QED) is 0.477. The van der Waals surface area contributed by atoms with Gasteiger partial charge in [-0.1, -0.05) is 17.3 Å². The number of aromatic nitrogens is 3. The number of carbonyl (C=O) groups is 3. The molecular weight excluding hydrogens is 432 g/mol. The number of nitrogens with one attached hydrogen (secondary N) is 1. The fourth-order valence-corrected chi connectivity index (χ4v) is 3.50. The van der Waals surface area contributed by atoms with Gasteiger partial charge in [-0.25, -0.2) is 9.59 Å². The van der Waals surface area contributed by atoms with Crippen LogP contribution in [0.1, 0.15) is 27.7 Å². The summed E-state index contributed by atoms with van der Waals surface area (Å²) in [7, 11) is 0. The van der Waals surface area contributed by atoms with Gasteiger partial charge in [-0.05, 0) is 39.8 Å². The third-order valence-corrected chi connectivity index (χ3v) is 4.95. The van der Waals surface area contributed by atoms with Crippen molar-refractivity contribution >= 4 is 28.8 Å². The highest BCUT2D eigenvalue weighted by molar-refractivity contribution is 6.05. The minimum absolute atomic E-state index is 0.0664. The normalized spacial score (nSPS) is 14.2. The van der Waals surface area contributed by atoms with Crippen molar-refractivity contribution in [2.45, 2.75) is 34.4 Å². The Morgan fingerprint density at radius 3 is 2.12 bits per heavy atom. The van der Waals surface area contributed by atoms with Crippen molar-refractivity contribution in [2.75, 3.05) is 13.2 Å². The second kappa shape index (κ2) is 10.1. The van der Waals surface area contributed by atoms with Gasteiger partial charge in [0.25, 0.3) is 5.56 Å². The van der Waals surface area contributed by atoms with E-state index in [9.17, 15) is 19.2 Å². The zero-order chi connectivity index (χ0) is 24.1. The lowest BCUT2D eigenvalue weighted by atomic mass is 9.85. The average Bonchev–Trinajstić information content (AvgIpc) is 2.78. The minimum atomic E-state index is -1.41. The Bertz CT molecular complexity index is 1190. The molecule has 0 unspecified atom stereocenters. The molecule has 3 rings (SSSR count). The Morgan fingerprint density at radius 1 is 0.970 bits per heavy atom. The Kier molecular flexibility index (Phi) is 7.21. The van der Waals surface area contributed by atoms with E-state index in [0.29, 0.717) is 22.3 Å². The zero-order valence-electron chi connectivity index (χ0n) is 18.7. The number of hydrogen-bond donors (Lipinski definition) is 1. The van der Waals surface area contributed by atoms with Crippen LogP contribution < -0.4 is 10.9 Å². The summed E-state index contributed by atoms with van der Waals surface area (Å²) in [5, 5.41) is 10.9. The second-order valence-corrected chi connectivity index (χ2v) is 7.08. The van der Waals surface area contributed by atoms with Crippen LogP contribution >= 0.6 is 0 Å². The van der Waals surface area contributed by atoms with E-state index in [0.717, 1.165) is 4.68 Å². The number of carbonyl (C=O) groups excluding carboxylic acids is 3. The maximum absolute atomic E-state index is 13.2. The Morgan fingerprint density at radius 2 is 1.55 bits per heavy atom. The number of allylic oxidation sites excluding steroid dienone is 2. The molecule has 2 aromatic rings. The van der Waals surface area contributed by atoms with E-state index in [1.165, 1.54) is 0 Å². The molecule has 1 aromatic heterocycles. The smallest absolute Gasteiger partial charge is 0.337 e. The lowest BCUT2D eigenvalue weighted by molar-refractivity contribution is -0.155. The number of rotatable bonds is 7. The molecule has 0 fully saturated rings. The van der Waals surface area contributed by atoms with Gasteiger partial charge in [0.2, 0.25) is 0 Å². The minimum Gasteiger partial charge on any atom is -0.463 e. The first-order valence-electron chi connectivity index (χ1n) is 10.3. The van der Waals surface area contributed by atoms with Crippen LogP contribution in [-0.4, -0.2) is 46.1 Å². The van der Waals surface area contributed by atoms with E-state index in [1.54, 1.807) is 52.0 Å². The van der Waals surface area contributed by atoms with E-state index in [4.69, 9.17) is 14.2 Å². The van der Waals surface area contributed by atoms with Gasteiger partial charge in [-0.2, -0.15) is 4.68 Å². The fourth-order valence-electron chi connectivity index (χ4n) is 3.50. The summed E-state index contributed by atoms with van der Waals surface area (Å²) < 4.78 is 16.4. The Balaban J connectivity index is 1.95. The maximum Gasteiger partial charge on any atom is 0.337 e. The molecule has 11 nitrogen and oxygen atoms in total. The molecule has 0 amide bonds. The largest absolute Gasteiger partial charge is 0.463 e. The molecule has 1 N–H and O–H groups in total. The Hall–Kier alpha value is -4.02. The van der Waals surface area contributed by atoms with Gasteiger partial charge in [0.05, 0.1) is 29.7 Å². The number of nitrogens with zero attached hydrogens (tertiary/aromatic N) is 3. The molecule has 0 aliphatic carbocycles. The van der Waals surface area contributed by atoms with Gasteiger partial charge in [-0.3, -0.25) is 9.59 Å². The first-order chi connectivity index (χ1) is 15.8. The van der Waals surface area contributed by atoms with E-state index < -0.39 is 36.1 Å². The summed E-state index contributed by atoms with van der Waals surface area (Å²) in [5.74, 6) is -3.90. The van der Waals surface area contributed by atoms with Crippen LogP contribution in [0.4, 0.5) is 0 Å². The molecule has 2 heterocycles. The van der Waals surface area contributed by atoms with Gasteiger partial charge in [0.1, 0.15) is 11.4 Å². The monoisotopic (exact) mass is 456 g/mol. The van der Waals surface area contributed by atoms with Crippen molar-refractivity contribution in [3.05, 3.63) is 57.2 Å². The van der Waals surface area contributed by atoms with Crippen molar-refractivity contribution in [2.24, 2.45) is 5.92 Å². The lowest BCUT2D eigenvalue weighted by Crippen LogP contribution is -2.39. The maximum atomic E-state index is 13.2. The van der Waals surface area contributed by atoms with Crippen molar-refractivity contribution in [1.82, 2.24) is 20.3 Å². The second-order valence-electron chi connectivity index (χ2n) is 7.08. The standard InChI is InChI=1S/C22H24N4O7/c1-5-31-20(28)16-12(3)23-13(4)17(21(29)32-6-2)18(16)22(30)33-11-26-19(27)14-9-7-8-10-15(14)24-25-26/h7-10,18,23H,5-6,11H2,1-4H3. The summed E-state index contributed by atoms with van der Waals surface area (Å²) in [4.78, 5) is 51.1. The average molecular weight is 456 g/mol. The van der Waals surface area contributed by atoms with E-state index in [-0.39, 0.29) is 24.4 Å². The molecule has 0 saturated carbocycles. The molecule has 0 bridgehead atoms. The van der Waals surface area contributed by atoms with Gasteiger partial charge < -0.3 is 19.5 Å². The molecule has 33 heavy (non-hydrogen) atoms. The molecule has 0 radical (unpaired) electrons. The van der Waals surface area contributed by atoms with Crippen LogP contribution in [0, 0.1) is 5.92 Å². The predicted octanol–water partition coefficient (Wildman–Crippen LogP) is 1.19. The van der Waals surface area contributed by atoms with Crippen molar-refractivity contribution in [3.8, 4) is 0 Å². The summed E-state index contributed by atoms with van der Waals surface area (Å²) >= 11 is 0. The van der Waals surface area contributed by atoms with Crippen LogP contribution in [0.15, 0.2) is 51.6 Å². The van der Waals surface area contributed by atoms with Gasteiger partial charge in [0, 0.05) is 11.4 Å². The number of fused-ring (bicyclic) bond motifs is 1. The summed E-state index contributed by atoms with van der Waals surface area (Å²) in [5.41, 5.74) is 0.412. The fraction of sp³-hybridized carbons (Fsp3) is 0.364. The van der Waals surface area contributed by atoms with E-state index in [2.05, 4.69) is 15.6 Å². The van der Waals surface area contributed by atoms with Gasteiger partial charge in [0.15, 0.2) is 6.73 Å². The van der Waals surface area contributed by atoms with Crippen LogP contribution in [0.3, 0.4) is 0 Å². The van der Waals surface area contributed by atoms with Gasteiger partial charge >= 0.3 is 17.9 Å².